The Morgan fingerprint density at radius 2 is 2.33 bits per heavy atom. The molecule has 0 unspecified atom stereocenters. The van der Waals surface area contributed by atoms with Crippen molar-refractivity contribution in [2.24, 2.45) is 5.92 Å². The molecule has 2 aromatic heterocycles. The summed E-state index contributed by atoms with van der Waals surface area (Å²) in [4.78, 5) is 23.6. The summed E-state index contributed by atoms with van der Waals surface area (Å²) in [6.07, 6.45) is 5.62. The van der Waals surface area contributed by atoms with Crippen LogP contribution < -0.4 is 11.0 Å². The number of hydrogen-bond donors (Lipinski definition) is 1. The van der Waals surface area contributed by atoms with Crippen molar-refractivity contribution in [3.05, 3.63) is 35.0 Å². The average molecular weight is 246 g/mol. The summed E-state index contributed by atoms with van der Waals surface area (Å²) in [6, 6.07) is 3.57. The SMILES string of the molecule is O=C(Cn1ncc2cccn2c1=O)NCC1CC1. The normalized spacial score (nSPS) is 14.9. The summed E-state index contributed by atoms with van der Waals surface area (Å²) in [6.45, 7) is 0.680. The predicted octanol–water partition coefficient (Wildman–Crippen LogP) is 0.0222. The lowest BCUT2D eigenvalue weighted by Gasteiger charge is -2.06. The van der Waals surface area contributed by atoms with Gasteiger partial charge in [-0.3, -0.25) is 9.20 Å². The van der Waals surface area contributed by atoms with Crippen molar-refractivity contribution in [3.63, 3.8) is 0 Å². The second-order valence-electron chi connectivity index (χ2n) is 4.64. The van der Waals surface area contributed by atoms with Gasteiger partial charge in [-0.2, -0.15) is 5.10 Å². The first-order valence-corrected chi connectivity index (χ1v) is 6.04. The highest BCUT2D eigenvalue weighted by Crippen LogP contribution is 2.27. The van der Waals surface area contributed by atoms with E-state index in [9.17, 15) is 9.59 Å². The minimum absolute atomic E-state index is 0.0281. The van der Waals surface area contributed by atoms with Crippen molar-refractivity contribution in [2.45, 2.75) is 19.4 Å². The van der Waals surface area contributed by atoms with E-state index < -0.39 is 0 Å². The van der Waals surface area contributed by atoms with Crippen LogP contribution in [0.5, 0.6) is 0 Å². The van der Waals surface area contributed by atoms with Crippen LogP contribution in [0.3, 0.4) is 0 Å². The molecule has 1 fully saturated rings. The maximum absolute atomic E-state index is 12.0. The first-order valence-electron chi connectivity index (χ1n) is 6.04. The summed E-state index contributed by atoms with van der Waals surface area (Å²) < 4.78 is 2.65. The zero-order valence-electron chi connectivity index (χ0n) is 9.87. The molecule has 1 N–H and O–H groups in total. The van der Waals surface area contributed by atoms with Crippen LogP contribution in [-0.2, 0) is 11.3 Å². The smallest absolute Gasteiger partial charge is 0.349 e. The first kappa shape index (κ1) is 11.0. The van der Waals surface area contributed by atoms with E-state index in [0.29, 0.717) is 12.5 Å². The largest absolute Gasteiger partial charge is 0.354 e. The van der Waals surface area contributed by atoms with Gasteiger partial charge in [-0.15, -0.1) is 0 Å². The molecular formula is C12H14N4O2. The third-order valence-corrected chi connectivity index (χ3v) is 3.11. The van der Waals surface area contributed by atoms with E-state index in [1.807, 2.05) is 0 Å². The predicted molar refractivity (Wildman–Crippen MR) is 65.2 cm³/mol. The van der Waals surface area contributed by atoms with Gasteiger partial charge in [0.25, 0.3) is 0 Å². The van der Waals surface area contributed by atoms with Gasteiger partial charge >= 0.3 is 5.69 Å². The van der Waals surface area contributed by atoms with Gasteiger partial charge in [0.05, 0.1) is 11.7 Å². The molecule has 1 saturated carbocycles. The molecular weight excluding hydrogens is 232 g/mol. The number of fused-ring (bicyclic) bond motifs is 1. The lowest BCUT2D eigenvalue weighted by molar-refractivity contribution is -0.122. The van der Waals surface area contributed by atoms with E-state index in [1.165, 1.54) is 21.9 Å². The Balaban J connectivity index is 1.74. The average Bonchev–Trinajstić information content (AvgIpc) is 3.06. The van der Waals surface area contributed by atoms with Crippen LogP contribution in [0.2, 0.25) is 0 Å². The van der Waals surface area contributed by atoms with E-state index in [2.05, 4.69) is 10.4 Å². The number of nitrogens with one attached hydrogen (secondary N) is 1. The zero-order valence-corrected chi connectivity index (χ0v) is 9.87. The van der Waals surface area contributed by atoms with Crippen molar-refractivity contribution >= 4 is 11.4 Å². The van der Waals surface area contributed by atoms with Crippen LogP contribution in [-0.4, -0.2) is 26.6 Å². The number of hydrogen-bond acceptors (Lipinski definition) is 3. The molecule has 0 radical (unpaired) electrons. The molecule has 3 rings (SSSR count). The molecule has 1 aliphatic rings. The van der Waals surface area contributed by atoms with Crippen molar-refractivity contribution in [1.82, 2.24) is 19.5 Å². The number of carbonyl (C=O) groups excluding carboxylic acids is 1. The van der Waals surface area contributed by atoms with E-state index in [-0.39, 0.29) is 18.1 Å². The van der Waals surface area contributed by atoms with Crippen molar-refractivity contribution in [3.8, 4) is 0 Å². The number of aromatic nitrogens is 3. The third-order valence-electron chi connectivity index (χ3n) is 3.11. The van der Waals surface area contributed by atoms with Crippen molar-refractivity contribution in [1.29, 1.82) is 0 Å². The number of rotatable bonds is 4. The number of carbonyl (C=O) groups is 1. The molecule has 0 aromatic carbocycles. The molecule has 1 amide bonds. The first-order chi connectivity index (χ1) is 8.74. The summed E-state index contributed by atoms with van der Waals surface area (Å²) in [5, 5.41) is 6.80. The highest BCUT2D eigenvalue weighted by atomic mass is 16.2. The molecule has 0 atom stereocenters. The van der Waals surface area contributed by atoms with Crippen LogP contribution >= 0.6 is 0 Å². The van der Waals surface area contributed by atoms with Gasteiger partial charge in [0, 0.05) is 12.7 Å². The van der Waals surface area contributed by atoms with Crippen molar-refractivity contribution < 1.29 is 4.79 Å². The number of nitrogens with zero attached hydrogens (tertiary/aromatic N) is 3. The fraction of sp³-hybridized carbons (Fsp3) is 0.417. The fourth-order valence-electron chi connectivity index (χ4n) is 1.86. The molecule has 6 nitrogen and oxygen atoms in total. The van der Waals surface area contributed by atoms with E-state index in [0.717, 1.165) is 5.52 Å². The van der Waals surface area contributed by atoms with Gasteiger partial charge in [-0.1, -0.05) is 0 Å². The van der Waals surface area contributed by atoms with Gasteiger partial charge in [-0.25, -0.2) is 9.48 Å². The second kappa shape index (κ2) is 4.29. The topological polar surface area (TPSA) is 68.4 Å². The minimum Gasteiger partial charge on any atom is -0.354 e. The van der Waals surface area contributed by atoms with Gasteiger partial charge in [0.15, 0.2) is 0 Å². The highest BCUT2D eigenvalue weighted by molar-refractivity contribution is 5.75. The standard InChI is InChI=1S/C12H14N4O2/c17-11(13-6-9-3-4-9)8-16-12(18)15-5-1-2-10(15)7-14-16/h1-2,5,7,9H,3-4,6,8H2,(H,13,17). The highest BCUT2D eigenvalue weighted by Gasteiger charge is 2.21. The van der Waals surface area contributed by atoms with E-state index >= 15 is 0 Å². The Hall–Kier alpha value is -2.11. The van der Waals surface area contributed by atoms with Crippen LogP contribution in [0.4, 0.5) is 0 Å². The lowest BCUT2D eigenvalue weighted by atomic mass is 10.4. The zero-order chi connectivity index (χ0) is 12.5. The maximum Gasteiger partial charge on any atom is 0.349 e. The monoisotopic (exact) mass is 246 g/mol. The minimum atomic E-state index is -0.293. The quantitative estimate of drug-likeness (QED) is 0.827. The van der Waals surface area contributed by atoms with Crippen molar-refractivity contribution in [2.75, 3.05) is 6.54 Å². The third kappa shape index (κ3) is 2.13. The van der Waals surface area contributed by atoms with Gasteiger partial charge in [0.1, 0.15) is 6.54 Å². The van der Waals surface area contributed by atoms with Crippen LogP contribution in [0, 0.1) is 5.92 Å². The summed E-state index contributed by atoms with van der Waals surface area (Å²) in [5.41, 5.74) is 0.439. The van der Waals surface area contributed by atoms with Gasteiger partial charge < -0.3 is 5.32 Å². The number of amides is 1. The van der Waals surface area contributed by atoms with Crippen LogP contribution in [0.1, 0.15) is 12.8 Å². The Morgan fingerprint density at radius 3 is 3.11 bits per heavy atom. The molecule has 1 aliphatic carbocycles. The molecule has 2 aromatic rings. The molecule has 0 bridgehead atoms. The van der Waals surface area contributed by atoms with Crippen LogP contribution in [0.25, 0.3) is 5.52 Å². The van der Waals surface area contributed by atoms with Gasteiger partial charge in [0.2, 0.25) is 5.91 Å². The summed E-state index contributed by atoms with van der Waals surface area (Å²) in [5.74, 6) is 0.466. The maximum atomic E-state index is 12.0. The molecule has 0 saturated heterocycles. The van der Waals surface area contributed by atoms with Gasteiger partial charge in [-0.05, 0) is 30.9 Å². The van der Waals surface area contributed by atoms with E-state index in [4.69, 9.17) is 0 Å². The molecule has 18 heavy (non-hydrogen) atoms. The van der Waals surface area contributed by atoms with E-state index in [1.54, 1.807) is 24.5 Å². The lowest BCUT2D eigenvalue weighted by Crippen LogP contribution is -2.36. The Labute approximate surface area is 103 Å². The fourth-order valence-corrected chi connectivity index (χ4v) is 1.86. The molecule has 94 valence electrons. The Bertz CT molecular complexity index is 639. The molecule has 0 spiro atoms. The molecule has 6 heteroatoms. The molecule has 0 aliphatic heterocycles. The second-order valence-corrected chi connectivity index (χ2v) is 4.64. The Morgan fingerprint density at radius 1 is 1.50 bits per heavy atom. The summed E-state index contributed by atoms with van der Waals surface area (Å²) in [7, 11) is 0. The Kier molecular flexibility index (Phi) is 2.62. The van der Waals surface area contributed by atoms with Crippen LogP contribution in [0.15, 0.2) is 29.3 Å². The summed E-state index contributed by atoms with van der Waals surface area (Å²) >= 11 is 0. The molecule has 2 heterocycles.